The van der Waals surface area contributed by atoms with Crippen LogP contribution in [0.3, 0.4) is 0 Å². The van der Waals surface area contributed by atoms with Crippen molar-refractivity contribution in [3.05, 3.63) is 65.7 Å². The van der Waals surface area contributed by atoms with E-state index in [9.17, 15) is 15.0 Å². The Kier molecular flexibility index (Phi) is 3.68. The molecular formula is C18H12NO4-. The zero-order valence-corrected chi connectivity index (χ0v) is 11.9. The maximum Gasteiger partial charge on any atom is 0.339 e. The van der Waals surface area contributed by atoms with Crippen LogP contribution in [-0.4, -0.2) is 22.4 Å². The van der Waals surface area contributed by atoms with Crippen molar-refractivity contribution in [2.24, 2.45) is 4.99 Å². The molecule has 0 aliphatic heterocycles. The Morgan fingerprint density at radius 2 is 1.87 bits per heavy atom. The molecule has 5 heteroatoms. The summed E-state index contributed by atoms with van der Waals surface area (Å²) < 4.78 is 0. The first-order valence-electron chi connectivity index (χ1n) is 6.85. The molecule has 0 bridgehead atoms. The molecule has 23 heavy (non-hydrogen) atoms. The first-order chi connectivity index (χ1) is 11.1. The molecule has 0 radical (unpaired) electrons. The van der Waals surface area contributed by atoms with E-state index in [1.54, 1.807) is 6.07 Å². The monoisotopic (exact) mass is 306 g/mol. The molecule has 0 saturated carbocycles. The van der Waals surface area contributed by atoms with E-state index < -0.39 is 5.97 Å². The fourth-order valence-corrected chi connectivity index (χ4v) is 2.33. The van der Waals surface area contributed by atoms with Crippen LogP contribution in [0.15, 0.2) is 59.6 Å². The zero-order chi connectivity index (χ0) is 16.4. The van der Waals surface area contributed by atoms with Crippen molar-refractivity contribution >= 4 is 28.6 Å². The molecule has 0 amide bonds. The summed E-state index contributed by atoms with van der Waals surface area (Å²) >= 11 is 0. The number of carboxylic acid groups (broad SMARTS) is 1. The Labute approximate surface area is 131 Å². The Bertz CT molecular complexity index is 931. The van der Waals surface area contributed by atoms with Gasteiger partial charge < -0.3 is 15.3 Å². The van der Waals surface area contributed by atoms with Crippen molar-refractivity contribution in [3.63, 3.8) is 0 Å². The molecule has 3 rings (SSSR count). The molecule has 0 aliphatic carbocycles. The van der Waals surface area contributed by atoms with E-state index in [0.717, 1.165) is 10.8 Å². The predicted molar refractivity (Wildman–Crippen MR) is 85.7 cm³/mol. The molecule has 0 atom stereocenters. The minimum Gasteiger partial charge on any atom is -0.872 e. The number of benzene rings is 3. The van der Waals surface area contributed by atoms with E-state index in [1.807, 2.05) is 24.3 Å². The van der Waals surface area contributed by atoms with Gasteiger partial charge in [-0.3, -0.25) is 4.99 Å². The van der Waals surface area contributed by atoms with Gasteiger partial charge in [0.05, 0.1) is 5.69 Å². The lowest BCUT2D eigenvalue weighted by atomic mass is 10.0. The third kappa shape index (κ3) is 2.85. The summed E-state index contributed by atoms with van der Waals surface area (Å²) in [4.78, 5) is 15.0. The maximum atomic E-state index is 12.0. The highest BCUT2D eigenvalue weighted by Gasteiger charge is 2.09. The van der Waals surface area contributed by atoms with E-state index >= 15 is 0 Å². The number of nitrogens with zero attached hydrogens (tertiary/aromatic N) is 1. The Morgan fingerprint density at radius 1 is 1.09 bits per heavy atom. The number of rotatable bonds is 3. The summed E-state index contributed by atoms with van der Waals surface area (Å²) in [6.45, 7) is 0. The van der Waals surface area contributed by atoms with Gasteiger partial charge in [0.25, 0.3) is 0 Å². The van der Waals surface area contributed by atoms with E-state index in [4.69, 9.17) is 5.11 Å². The van der Waals surface area contributed by atoms with Crippen LogP contribution in [0.25, 0.3) is 10.8 Å². The number of carboxylic acids is 1. The fourth-order valence-electron chi connectivity index (χ4n) is 2.33. The van der Waals surface area contributed by atoms with E-state index in [-0.39, 0.29) is 17.1 Å². The van der Waals surface area contributed by atoms with Gasteiger partial charge in [0.2, 0.25) is 0 Å². The van der Waals surface area contributed by atoms with Crippen LogP contribution in [0.4, 0.5) is 5.69 Å². The van der Waals surface area contributed by atoms with Gasteiger partial charge in [-0.2, -0.15) is 0 Å². The first kappa shape index (κ1) is 14.6. The number of aromatic carboxylic acids is 1. The average Bonchev–Trinajstić information content (AvgIpc) is 2.53. The highest BCUT2D eigenvalue weighted by atomic mass is 16.4. The largest absolute Gasteiger partial charge is 0.872 e. The molecule has 3 aromatic carbocycles. The second-order valence-electron chi connectivity index (χ2n) is 4.96. The van der Waals surface area contributed by atoms with Crippen molar-refractivity contribution in [1.82, 2.24) is 0 Å². The molecule has 0 aromatic heterocycles. The maximum absolute atomic E-state index is 12.0. The third-order valence-electron chi connectivity index (χ3n) is 3.49. The number of hydrogen-bond donors (Lipinski definition) is 2. The minimum atomic E-state index is -1.21. The summed E-state index contributed by atoms with van der Waals surface area (Å²) in [5, 5.41) is 32.3. The van der Waals surface area contributed by atoms with Gasteiger partial charge in [0.1, 0.15) is 11.3 Å². The Morgan fingerprint density at radius 3 is 2.61 bits per heavy atom. The van der Waals surface area contributed by atoms with E-state index in [0.29, 0.717) is 11.3 Å². The number of aromatic hydroxyl groups is 1. The molecular weight excluding hydrogens is 294 g/mol. The van der Waals surface area contributed by atoms with Crippen molar-refractivity contribution in [2.75, 3.05) is 0 Å². The summed E-state index contributed by atoms with van der Waals surface area (Å²) in [6, 6.07) is 14.7. The summed E-state index contributed by atoms with van der Waals surface area (Å²) in [7, 11) is 0. The molecule has 0 fully saturated rings. The molecule has 2 N–H and O–H groups in total. The van der Waals surface area contributed by atoms with E-state index in [2.05, 4.69) is 4.99 Å². The molecule has 0 heterocycles. The topological polar surface area (TPSA) is 93.0 Å². The number of carbonyl (C=O) groups is 1. The first-order valence-corrected chi connectivity index (χ1v) is 6.85. The van der Waals surface area contributed by atoms with Crippen LogP contribution in [0.1, 0.15) is 15.9 Å². The number of phenols is 1. The SMILES string of the molecule is O=C(O)c1ccc(N=Cc2c([O-])ccc3ccccc23)cc1O. The van der Waals surface area contributed by atoms with Gasteiger partial charge in [-0.1, -0.05) is 42.1 Å². The van der Waals surface area contributed by atoms with Gasteiger partial charge >= 0.3 is 5.97 Å². The van der Waals surface area contributed by atoms with E-state index in [1.165, 1.54) is 30.5 Å². The predicted octanol–water partition coefficient (Wildman–Crippen LogP) is 3.07. The van der Waals surface area contributed by atoms with Crippen LogP contribution in [-0.2, 0) is 0 Å². The second-order valence-corrected chi connectivity index (χ2v) is 4.96. The minimum absolute atomic E-state index is 0.154. The van der Waals surface area contributed by atoms with Crippen LogP contribution >= 0.6 is 0 Å². The summed E-state index contributed by atoms with van der Waals surface area (Å²) in [6.07, 6.45) is 1.43. The lowest BCUT2D eigenvalue weighted by Gasteiger charge is -2.12. The molecule has 0 saturated heterocycles. The fraction of sp³-hybridized carbons (Fsp3) is 0. The number of aliphatic imine (C=N–C) groups is 1. The number of hydrogen-bond acceptors (Lipinski definition) is 4. The van der Waals surface area contributed by atoms with Gasteiger partial charge in [0, 0.05) is 12.3 Å². The quantitative estimate of drug-likeness (QED) is 0.727. The molecule has 5 nitrogen and oxygen atoms in total. The van der Waals surface area contributed by atoms with Crippen molar-refractivity contribution < 1.29 is 20.1 Å². The van der Waals surface area contributed by atoms with Gasteiger partial charge in [0.15, 0.2) is 0 Å². The zero-order valence-electron chi connectivity index (χ0n) is 11.9. The van der Waals surface area contributed by atoms with Gasteiger partial charge in [-0.25, -0.2) is 4.79 Å². The molecule has 3 aromatic rings. The van der Waals surface area contributed by atoms with Crippen LogP contribution in [0.2, 0.25) is 0 Å². The highest BCUT2D eigenvalue weighted by molar-refractivity contribution is 6.03. The summed E-state index contributed by atoms with van der Waals surface area (Å²) in [5.41, 5.74) is 0.614. The molecule has 0 unspecified atom stereocenters. The van der Waals surface area contributed by atoms with Crippen molar-refractivity contribution in [3.8, 4) is 11.5 Å². The van der Waals surface area contributed by atoms with Gasteiger partial charge in [-0.15, -0.1) is 0 Å². The standard InChI is InChI=1S/C18H13NO4/c20-16-8-5-11-3-1-2-4-13(11)15(16)10-19-12-6-7-14(18(22)23)17(21)9-12/h1-10,20-21H,(H,22,23)/p-1. The normalized spacial score (nSPS) is 11.1. The van der Waals surface area contributed by atoms with Crippen LogP contribution in [0, 0.1) is 0 Å². The highest BCUT2D eigenvalue weighted by Crippen LogP contribution is 2.26. The van der Waals surface area contributed by atoms with Crippen molar-refractivity contribution in [2.45, 2.75) is 0 Å². The van der Waals surface area contributed by atoms with Crippen LogP contribution < -0.4 is 5.11 Å². The number of fused-ring (bicyclic) bond motifs is 1. The van der Waals surface area contributed by atoms with Crippen LogP contribution in [0.5, 0.6) is 11.5 Å². The van der Waals surface area contributed by atoms with Gasteiger partial charge in [-0.05, 0) is 28.5 Å². The lowest BCUT2D eigenvalue weighted by molar-refractivity contribution is -0.268. The molecule has 0 spiro atoms. The summed E-state index contributed by atoms with van der Waals surface area (Å²) in [5.74, 6) is -1.74. The smallest absolute Gasteiger partial charge is 0.339 e. The van der Waals surface area contributed by atoms with Crippen molar-refractivity contribution in [1.29, 1.82) is 0 Å². The Balaban J connectivity index is 2.02. The lowest BCUT2D eigenvalue weighted by Crippen LogP contribution is -1.97. The Hall–Kier alpha value is -3.34. The molecule has 114 valence electrons. The second kappa shape index (κ2) is 5.81. The third-order valence-corrected chi connectivity index (χ3v) is 3.49. The molecule has 0 aliphatic rings. The average molecular weight is 306 g/mol.